The first kappa shape index (κ1) is 8.08. The average molecular weight is 170 g/mol. The summed E-state index contributed by atoms with van der Waals surface area (Å²) in [6, 6.07) is 3.80. The number of carbonyl (C=O) groups excluding carboxylic acids is 1. The second kappa shape index (κ2) is 3.39. The topological polar surface area (TPSA) is 22.0 Å². The van der Waals surface area contributed by atoms with Crippen molar-refractivity contribution in [3.63, 3.8) is 0 Å². The van der Waals surface area contributed by atoms with Gasteiger partial charge in [-0.2, -0.15) is 0 Å². The number of allylic oxidation sites excluding steroid dienone is 1. The van der Waals surface area contributed by atoms with Crippen molar-refractivity contribution < 1.29 is 4.79 Å². The van der Waals surface area contributed by atoms with E-state index in [1.165, 1.54) is 6.08 Å². The van der Waals surface area contributed by atoms with E-state index in [4.69, 9.17) is 11.6 Å². The van der Waals surface area contributed by atoms with Crippen LogP contribution in [0.2, 0.25) is 0 Å². The van der Waals surface area contributed by atoms with Crippen LogP contribution >= 0.6 is 11.6 Å². The number of rotatable bonds is 2. The third-order valence-corrected chi connectivity index (χ3v) is 1.50. The maximum absolute atomic E-state index is 10.3. The normalized spacial score (nSPS) is 10.7. The molecule has 11 heavy (non-hydrogen) atoms. The highest BCUT2D eigenvalue weighted by Gasteiger charge is 1.91. The van der Waals surface area contributed by atoms with Crippen molar-refractivity contribution in [2.24, 2.45) is 7.05 Å². The lowest BCUT2D eigenvalue weighted by Crippen LogP contribution is -1.87. The van der Waals surface area contributed by atoms with Crippen LogP contribution in [-0.2, 0) is 11.8 Å². The van der Waals surface area contributed by atoms with Crippen LogP contribution in [0.5, 0.6) is 0 Å². The van der Waals surface area contributed by atoms with Crippen LogP contribution in [0.1, 0.15) is 5.69 Å². The first-order valence-corrected chi connectivity index (χ1v) is 3.57. The molecule has 0 aliphatic rings. The zero-order valence-corrected chi connectivity index (χ0v) is 6.88. The minimum atomic E-state index is -0.453. The summed E-state index contributed by atoms with van der Waals surface area (Å²) in [4.78, 5) is 10.3. The van der Waals surface area contributed by atoms with Gasteiger partial charge in [-0.1, -0.05) is 0 Å². The van der Waals surface area contributed by atoms with Crippen LogP contribution in [0.4, 0.5) is 0 Å². The summed E-state index contributed by atoms with van der Waals surface area (Å²) in [6.45, 7) is 0. The Bertz CT molecular complexity index is 288. The molecule has 1 rings (SSSR count). The summed E-state index contributed by atoms with van der Waals surface area (Å²) in [6.07, 6.45) is 4.91. The van der Waals surface area contributed by atoms with Gasteiger partial charge in [0.25, 0.3) is 0 Å². The van der Waals surface area contributed by atoms with Crippen LogP contribution in [0, 0.1) is 0 Å². The number of carbonyl (C=O) groups is 1. The van der Waals surface area contributed by atoms with Crippen molar-refractivity contribution in [3.8, 4) is 0 Å². The Labute approximate surface area is 70.1 Å². The molecule has 0 aromatic carbocycles. The molecule has 1 aromatic rings. The molecule has 3 heteroatoms. The lowest BCUT2D eigenvalue weighted by Gasteiger charge is -1.93. The minimum Gasteiger partial charge on any atom is -0.351 e. The van der Waals surface area contributed by atoms with E-state index in [-0.39, 0.29) is 0 Å². The Balaban J connectivity index is 2.79. The van der Waals surface area contributed by atoms with Crippen LogP contribution in [-0.4, -0.2) is 9.81 Å². The smallest absolute Gasteiger partial charge is 0.245 e. The summed E-state index contributed by atoms with van der Waals surface area (Å²) in [5.41, 5.74) is 0.957. The van der Waals surface area contributed by atoms with E-state index < -0.39 is 5.24 Å². The molecule has 0 bridgehead atoms. The SMILES string of the molecule is Cn1cccc1/C=C/C(=O)Cl. The van der Waals surface area contributed by atoms with Crippen molar-refractivity contribution in [2.45, 2.75) is 0 Å². The van der Waals surface area contributed by atoms with E-state index in [2.05, 4.69) is 0 Å². The second-order valence-corrected chi connectivity index (χ2v) is 2.55. The van der Waals surface area contributed by atoms with E-state index in [9.17, 15) is 4.79 Å². The molecule has 0 saturated heterocycles. The molecule has 0 radical (unpaired) electrons. The van der Waals surface area contributed by atoms with Crippen LogP contribution in [0.3, 0.4) is 0 Å². The lowest BCUT2D eigenvalue weighted by molar-refractivity contribution is -0.107. The summed E-state index contributed by atoms with van der Waals surface area (Å²) >= 11 is 5.11. The maximum atomic E-state index is 10.3. The van der Waals surface area contributed by atoms with Gasteiger partial charge >= 0.3 is 0 Å². The third-order valence-electron chi connectivity index (χ3n) is 1.37. The van der Waals surface area contributed by atoms with Crippen molar-refractivity contribution in [2.75, 3.05) is 0 Å². The third kappa shape index (κ3) is 2.24. The first-order chi connectivity index (χ1) is 5.20. The standard InChI is InChI=1S/C8H8ClNO/c1-10-6-2-3-7(10)4-5-8(9)11/h2-6H,1H3/b5-4+. The van der Waals surface area contributed by atoms with Crippen molar-refractivity contribution in [3.05, 3.63) is 30.1 Å². The molecule has 0 aliphatic carbocycles. The molecule has 0 atom stereocenters. The molecular weight excluding hydrogens is 162 g/mol. The van der Waals surface area contributed by atoms with Gasteiger partial charge in [-0.15, -0.1) is 0 Å². The molecule has 0 unspecified atom stereocenters. The number of aryl methyl sites for hydroxylation is 1. The van der Waals surface area contributed by atoms with Gasteiger partial charge in [0.1, 0.15) is 0 Å². The largest absolute Gasteiger partial charge is 0.351 e. The summed E-state index contributed by atoms with van der Waals surface area (Å²) in [5, 5.41) is -0.453. The first-order valence-electron chi connectivity index (χ1n) is 3.19. The fourth-order valence-electron chi connectivity index (χ4n) is 0.798. The van der Waals surface area contributed by atoms with Gasteiger partial charge in [-0.25, -0.2) is 0 Å². The molecule has 58 valence electrons. The Kier molecular flexibility index (Phi) is 2.49. The highest BCUT2D eigenvalue weighted by molar-refractivity contribution is 6.66. The molecule has 0 amide bonds. The molecule has 0 fully saturated rings. The monoisotopic (exact) mass is 169 g/mol. The molecule has 0 N–H and O–H groups in total. The zero-order chi connectivity index (χ0) is 8.27. The van der Waals surface area contributed by atoms with E-state index in [0.717, 1.165) is 5.69 Å². The molecule has 0 spiro atoms. The van der Waals surface area contributed by atoms with Crippen LogP contribution in [0.15, 0.2) is 24.4 Å². The number of hydrogen-bond acceptors (Lipinski definition) is 1. The van der Waals surface area contributed by atoms with E-state index in [1.54, 1.807) is 6.08 Å². The van der Waals surface area contributed by atoms with E-state index in [0.29, 0.717) is 0 Å². The maximum Gasteiger partial charge on any atom is 0.245 e. The molecular formula is C8H8ClNO. The predicted molar refractivity (Wildman–Crippen MR) is 45.3 cm³/mol. The fourth-order valence-corrected chi connectivity index (χ4v) is 0.861. The van der Waals surface area contributed by atoms with E-state index >= 15 is 0 Å². The Morgan fingerprint density at radius 2 is 2.45 bits per heavy atom. The summed E-state index contributed by atoms with van der Waals surface area (Å²) in [7, 11) is 1.90. The fraction of sp³-hybridized carbons (Fsp3) is 0.125. The number of nitrogens with zero attached hydrogens (tertiary/aromatic N) is 1. The minimum absolute atomic E-state index is 0.453. The highest BCUT2D eigenvalue weighted by Crippen LogP contribution is 2.02. The van der Waals surface area contributed by atoms with Gasteiger partial charge in [-0.3, -0.25) is 4.79 Å². The number of halogens is 1. The number of aromatic nitrogens is 1. The summed E-state index contributed by atoms with van der Waals surface area (Å²) < 4.78 is 1.90. The van der Waals surface area contributed by atoms with Gasteiger partial charge in [0.15, 0.2) is 0 Å². The van der Waals surface area contributed by atoms with Gasteiger partial charge < -0.3 is 4.57 Å². The molecule has 0 aliphatic heterocycles. The molecule has 0 saturated carbocycles. The van der Waals surface area contributed by atoms with Crippen molar-refractivity contribution in [1.29, 1.82) is 0 Å². The Morgan fingerprint density at radius 1 is 1.73 bits per heavy atom. The second-order valence-electron chi connectivity index (χ2n) is 2.18. The Morgan fingerprint density at radius 3 is 2.91 bits per heavy atom. The quantitative estimate of drug-likeness (QED) is 0.489. The molecule has 1 heterocycles. The molecule has 1 aromatic heterocycles. The van der Waals surface area contributed by atoms with Gasteiger partial charge in [-0.05, 0) is 35.9 Å². The van der Waals surface area contributed by atoms with Crippen LogP contribution < -0.4 is 0 Å². The zero-order valence-electron chi connectivity index (χ0n) is 6.12. The van der Waals surface area contributed by atoms with Crippen molar-refractivity contribution >= 4 is 22.9 Å². The van der Waals surface area contributed by atoms with Gasteiger partial charge in [0.2, 0.25) is 5.24 Å². The summed E-state index contributed by atoms with van der Waals surface area (Å²) in [5.74, 6) is 0. The van der Waals surface area contributed by atoms with Gasteiger partial charge in [0, 0.05) is 18.9 Å². The predicted octanol–water partition coefficient (Wildman–Crippen LogP) is 1.80. The number of hydrogen-bond donors (Lipinski definition) is 0. The highest BCUT2D eigenvalue weighted by atomic mass is 35.5. The molecule has 2 nitrogen and oxygen atoms in total. The van der Waals surface area contributed by atoms with Crippen molar-refractivity contribution in [1.82, 2.24) is 4.57 Å². The van der Waals surface area contributed by atoms with E-state index in [1.807, 2.05) is 29.9 Å². The average Bonchev–Trinajstić information content (AvgIpc) is 2.31. The van der Waals surface area contributed by atoms with Gasteiger partial charge in [0.05, 0.1) is 0 Å². The van der Waals surface area contributed by atoms with Crippen LogP contribution in [0.25, 0.3) is 6.08 Å². The lowest BCUT2D eigenvalue weighted by atomic mass is 10.4. The Hall–Kier alpha value is -1.02.